The molecule has 0 rings (SSSR count). The van der Waals surface area contributed by atoms with Crippen LogP contribution in [0.25, 0.3) is 0 Å². The van der Waals surface area contributed by atoms with Gasteiger partial charge in [0.15, 0.2) is 0 Å². The fourth-order valence-corrected chi connectivity index (χ4v) is 3.41. The lowest BCUT2D eigenvalue weighted by Crippen LogP contribution is -2.60. The highest BCUT2D eigenvalue weighted by atomic mass is 32.2. The molecule has 33 heavy (non-hydrogen) atoms. The summed E-state index contributed by atoms with van der Waals surface area (Å²) in [5.74, 6) is -4.72. The Morgan fingerprint density at radius 3 is 1.70 bits per heavy atom. The molecule has 3 amide bonds. The Bertz CT molecular complexity index is 692. The van der Waals surface area contributed by atoms with Gasteiger partial charge in [-0.1, -0.05) is 40.5 Å². The zero-order valence-electron chi connectivity index (χ0n) is 19.9. The van der Waals surface area contributed by atoms with Gasteiger partial charge in [0.2, 0.25) is 17.7 Å². The predicted octanol–water partition coefficient (Wildman–Crippen LogP) is 0.173. The van der Waals surface area contributed by atoms with E-state index in [4.69, 9.17) is 10.8 Å². The van der Waals surface area contributed by atoms with Crippen molar-refractivity contribution in [3.8, 4) is 0 Å². The number of carboxylic acids is 2. The van der Waals surface area contributed by atoms with Gasteiger partial charge in [-0.25, -0.2) is 4.79 Å². The molecule has 0 aromatic carbocycles. The van der Waals surface area contributed by atoms with Gasteiger partial charge >= 0.3 is 11.9 Å². The number of nitrogens with one attached hydrogen (secondary N) is 3. The molecule has 0 aliphatic carbocycles. The molecule has 0 saturated heterocycles. The maximum atomic E-state index is 13.1. The minimum absolute atomic E-state index is 0.263. The molecule has 0 fully saturated rings. The molecule has 0 aromatic heterocycles. The summed E-state index contributed by atoms with van der Waals surface area (Å²) in [6, 6.07) is -4.49. The topological polar surface area (TPSA) is 188 Å². The number of thioether (sulfide) groups is 1. The van der Waals surface area contributed by atoms with Gasteiger partial charge in [0, 0.05) is 0 Å². The number of amides is 3. The molecule has 0 spiro atoms. The normalized spacial score (nSPS) is 16.4. The molecule has 0 aliphatic rings. The van der Waals surface area contributed by atoms with Crippen LogP contribution in [0.3, 0.4) is 0 Å². The number of carboxylic acid groups (broad SMARTS) is 2. The molecule has 190 valence electrons. The lowest BCUT2D eigenvalue weighted by molar-refractivity contribution is -0.147. The van der Waals surface area contributed by atoms with E-state index >= 15 is 0 Å². The number of carbonyl (C=O) groups excluding carboxylic acids is 3. The van der Waals surface area contributed by atoms with Gasteiger partial charge in [0.05, 0.1) is 12.5 Å². The first kappa shape index (κ1) is 30.7. The minimum atomic E-state index is -1.64. The maximum Gasteiger partial charge on any atom is 0.326 e. The second kappa shape index (κ2) is 15.5. The molecule has 11 nitrogen and oxygen atoms in total. The minimum Gasteiger partial charge on any atom is -0.481 e. The van der Waals surface area contributed by atoms with Crippen LogP contribution in [-0.4, -0.2) is 76.0 Å². The molecule has 0 heterocycles. The molecule has 0 aromatic rings. The molecule has 0 radical (unpaired) electrons. The molecule has 0 saturated carbocycles. The molecule has 0 bridgehead atoms. The maximum absolute atomic E-state index is 13.1. The van der Waals surface area contributed by atoms with Crippen molar-refractivity contribution >= 4 is 41.4 Å². The second-order valence-electron chi connectivity index (χ2n) is 8.13. The lowest BCUT2D eigenvalue weighted by Gasteiger charge is -2.30. The van der Waals surface area contributed by atoms with E-state index < -0.39 is 60.2 Å². The lowest BCUT2D eigenvalue weighted by atomic mass is 9.94. The molecular weight excluding hydrogens is 452 g/mol. The molecule has 12 heteroatoms. The van der Waals surface area contributed by atoms with Crippen LogP contribution in [0, 0.1) is 11.8 Å². The molecule has 0 aliphatic heterocycles. The van der Waals surface area contributed by atoms with Crippen LogP contribution in [0.4, 0.5) is 0 Å². The van der Waals surface area contributed by atoms with Crippen molar-refractivity contribution in [3.05, 3.63) is 0 Å². The fourth-order valence-electron chi connectivity index (χ4n) is 2.92. The second-order valence-corrected chi connectivity index (χ2v) is 9.11. The summed E-state index contributed by atoms with van der Waals surface area (Å²) in [7, 11) is 0. The van der Waals surface area contributed by atoms with Crippen molar-refractivity contribution in [3.63, 3.8) is 0 Å². The largest absolute Gasteiger partial charge is 0.481 e. The van der Waals surface area contributed by atoms with Crippen molar-refractivity contribution in [2.45, 2.75) is 77.5 Å². The van der Waals surface area contributed by atoms with Crippen LogP contribution >= 0.6 is 11.8 Å². The Morgan fingerprint density at radius 1 is 0.848 bits per heavy atom. The van der Waals surface area contributed by atoms with E-state index in [1.807, 2.05) is 13.2 Å². The molecule has 7 N–H and O–H groups in total. The number of nitrogens with two attached hydrogens (primary N) is 1. The van der Waals surface area contributed by atoms with Crippen LogP contribution in [0.15, 0.2) is 0 Å². The molecular formula is C21H38N4O7S. The fraction of sp³-hybridized carbons (Fsp3) is 0.762. The summed E-state index contributed by atoms with van der Waals surface area (Å²) in [6.07, 6.45) is 2.58. The molecule has 6 atom stereocenters. The zero-order valence-corrected chi connectivity index (χ0v) is 20.7. The van der Waals surface area contributed by atoms with E-state index in [9.17, 15) is 29.1 Å². The van der Waals surface area contributed by atoms with E-state index in [-0.39, 0.29) is 11.8 Å². The standard InChI is InChI=1S/C21H38N4O7S/c1-6-11(3)16(19(29)23-14(21(31)32)10-15(26)27)25-20(30)17(12(4)7-2)24-18(28)13(22)8-9-33-5/h11-14,16-17H,6-10,22H2,1-5H3,(H,23,29)(H,24,28)(H,25,30)(H,26,27)(H,31,32). The summed E-state index contributed by atoms with van der Waals surface area (Å²) < 4.78 is 0. The molecule has 6 unspecified atom stereocenters. The van der Waals surface area contributed by atoms with Crippen LogP contribution in [-0.2, 0) is 24.0 Å². The van der Waals surface area contributed by atoms with E-state index in [1.54, 1.807) is 32.5 Å². The first-order valence-electron chi connectivity index (χ1n) is 11.0. The van der Waals surface area contributed by atoms with Crippen LogP contribution in [0.1, 0.15) is 53.4 Å². The number of aliphatic carboxylic acids is 2. The van der Waals surface area contributed by atoms with Gasteiger partial charge < -0.3 is 31.9 Å². The van der Waals surface area contributed by atoms with Crippen LogP contribution < -0.4 is 21.7 Å². The third-order valence-electron chi connectivity index (χ3n) is 5.55. The highest BCUT2D eigenvalue weighted by molar-refractivity contribution is 7.98. The van der Waals surface area contributed by atoms with E-state index in [1.165, 1.54) is 0 Å². The monoisotopic (exact) mass is 490 g/mol. The van der Waals surface area contributed by atoms with Crippen LogP contribution in [0.5, 0.6) is 0 Å². The van der Waals surface area contributed by atoms with Gasteiger partial charge in [-0.15, -0.1) is 0 Å². The Morgan fingerprint density at radius 2 is 1.30 bits per heavy atom. The first-order chi connectivity index (χ1) is 15.4. The highest BCUT2D eigenvalue weighted by Gasteiger charge is 2.34. The van der Waals surface area contributed by atoms with Crippen molar-refractivity contribution in [1.82, 2.24) is 16.0 Å². The Balaban J connectivity index is 5.58. The summed E-state index contributed by atoms with van der Waals surface area (Å²) in [6.45, 7) is 7.13. The van der Waals surface area contributed by atoms with Gasteiger partial charge in [-0.05, 0) is 30.3 Å². The van der Waals surface area contributed by atoms with Crippen molar-refractivity contribution < 1.29 is 34.2 Å². The quantitative estimate of drug-likeness (QED) is 0.175. The Labute approximate surface area is 199 Å². The van der Waals surface area contributed by atoms with Crippen molar-refractivity contribution in [2.75, 3.05) is 12.0 Å². The van der Waals surface area contributed by atoms with Gasteiger partial charge in [-0.3, -0.25) is 19.2 Å². The number of carbonyl (C=O) groups is 5. The highest BCUT2D eigenvalue weighted by Crippen LogP contribution is 2.13. The van der Waals surface area contributed by atoms with Gasteiger partial charge in [0.1, 0.15) is 18.1 Å². The van der Waals surface area contributed by atoms with Crippen LogP contribution in [0.2, 0.25) is 0 Å². The van der Waals surface area contributed by atoms with Gasteiger partial charge in [0.25, 0.3) is 0 Å². The summed E-state index contributed by atoms with van der Waals surface area (Å²) in [5, 5.41) is 25.6. The Hall–Kier alpha value is -2.34. The summed E-state index contributed by atoms with van der Waals surface area (Å²) in [5.41, 5.74) is 5.91. The SMILES string of the molecule is CCC(C)C(NC(=O)C(N)CCSC)C(=O)NC(C(=O)NC(CC(=O)O)C(=O)O)C(C)CC. The van der Waals surface area contributed by atoms with E-state index in [0.717, 1.165) is 0 Å². The predicted molar refractivity (Wildman–Crippen MR) is 126 cm³/mol. The van der Waals surface area contributed by atoms with Gasteiger partial charge in [-0.2, -0.15) is 11.8 Å². The third-order valence-corrected chi connectivity index (χ3v) is 6.19. The zero-order chi connectivity index (χ0) is 25.7. The average molecular weight is 491 g/mol. The smallest absolute Gasteiger partial charge is 0.326 e. The average Bonchev–Trinajstić information content (AvgIpc) is 2.76. The number of rotatable bonds is 16. The summed E-state index contributed by atoms with van der Waals surface area (Å²) in [4.78, 5) is 60.6. The summed E-state index contributed by atoms with van der Waals surface area (Å²) >= 11 is 1.55. The van der Waals surface area contributed by atoms with Crippen molar-refractivity contribution in [1.29, 1.82) is 0 Å². The number of hydrogen-bond acceptors (Lipinski definition) is 7. The Kier molecular flexibility index (Phi) is 14.4. The number of hydrogen-bond donors (Lipinski definition) is 6. The van der Waals surface area contributed by atoms with Crippen molar-refractivity contribution in [2.24, 2.45) is 17.6 Å². The van der Waals surface area contributed by atoms with E-state index in [0.29, 0.717) is 25.0 Å². The third kappa shape index (κ3) is 10.9. The van der Waals surface area contributed by atoms with E-state index in [2.05, 4.69) is 16.0 Å². The first-order valence-corrected chi connectivity index (χ1v) is 12.4.